The van der Waals surface area contributed by atoms with E-state index in [1.807, 2.05) is 80.7 Å². The van der Waals surface area contributed by atoms with Crippen molar-refractivity contribution in [2.45, 2.75) is 27.4 Å². The van der Waals surface area contributed by atoms with Gasteiger partial charge in [0.05, 0.1) is 38.7 Å². The number of aryl methyl sites for hydroxylation is 3. The van der Waals surface area contributed by atoms with E-state index in [0.717, 1.165) is 27.5 Å². The van der Waals surface area contributed by atoms with Crippen LogP contribution < -0.4 is 0 Å². The van der Waals surface area contributed by atoms with Gasteiger partial charge in [0.15, 0.2) is 5.65 Å². The second-order valence-corrected chi connectivity index (χ2v) is 8.95. The lowest BCUT2D eigenvalue weighted by Crippen LogP contribution is -2.08. The first kappa shape index (κ1) is 21.0. The van der Waals surface area contributed by atoms with Crippen LogP contribution in [0.2, 0.25) is 0 Å². The molecule has 6 nitrogen and oxygen atoms in total. The van der Waals surface area contributed by atoms with E-state index < -0.39 is 5.97 Å². The standard InChI is InChI=1S/C26H22N4O2S/c1-16-9-11-21(12-10-16)30-25-24(17(2)29-30)22(13-23(28-25)19-7-5-4-6-8-19)26(31)32-14-20-15-33-18(3)27-20/h4-13,15H,14H2,1-3H3. The second kappa shape index (κ2) is 8.60. The Morgan fingerprint density at radius 3 is 2.45 bits per heavy atom. The molecule has 164 valence electrons. The number of esters is 1. The number of fused-ring (bicyclic) bond motifs is 1. The molecule has 0 radical (unpaired) electrons. The van der Waals surface area contributed by atoms with Crippen molar-refractivity contribution in [1.29, 1.82) is 0 Å². The minimum Gasteiger partial charge on any atom is -0.456 e. The average Bonchev–Trinajstić information content (AvgIpc) is 3.40. The van der Waals surface area contributed by atoms with Crippen LogP contribution in [0.3, 0.4) is 0 Å². The highest BCUT2D eigenvalue weighted by Crippen LogP contribution is 2.29. The quantitative estimate of drug-likeness (QED) is 0.313. The molecule has 0 spiro atoms. The maximum absolute atomic E-state index is 13.3. The first-order chi connectivity index (χ1) is 16.0. The predicted octanol–water partition coefficient (Wildman–Crippen LogP) is 5.83. The smallest absolute Gasteiger partial charge is 0.339 e. The van der Waals surface area contributed by atoms with Crippen LogP contribution >= 0.6 is 11.3 Å². The van der Waals surface area contributed by atoms with Crippen LogP contribution in [0, 0.1) is 20.8 Å². The van der Waals surface area contributed by atoms with Gasteiger partial charge in [-0.1, -0.05) is 48.0 Å². The number of carbonyl (C=O) groups excluding carboxylic acids is 1. The lowest BCUT2D eigenvalue weighted by Gasteiger charge is -2.09. The Kier molecular flexibility index (Phi) is 5.48. The third-order valence-corrected chi connectivity index (χ3v) is 6.22. The number of ether oxygens (including phenoxy) is 1. The molecule has 0 bridgehead atoms. The Bertz CT molecular complexity index is 1450. The second-order valence-electron chi connectivity index (χ2n) is 7.89. The molecule has 0 aliphatic carbocycles. The molecule has 0 aliphatic rings. The largest absolute Gasteiger partial charge is 0.456 e. The van der Waals surface area contributed by atoms with E-state index in [2.05, 4.69) is 4.98 Å². The van der Waals surface area contributed by atoms with Crippen LogP contribution in [0.5, 0.6) is 0 Å². The topological polar surface area (TPSA) is 69.9 Å². The summed E-state index contributed by atoms with van der Waals surface area (Å²) in [7, 11) is 0. The van der Waals surface area contributed by atoms with Crippen molar-refractivity contribution in [1.82, 2.24) is 19.7 Å². The van der Waals surface area contributed by atoms with Gasteiger partial charge in [-0.15, -0.1) is 11.3 Å². The van der Waals surface area contributed by atoms with E-state index in [9.17, 15) is 4.79 Å². The third-order valence-electron chi connectivity index (χ3n) is 5.40. The van der Waals surface area contributed by atoms with Gasteiger partial charge < -0.3 is 4.74 Å². The fourth-order valence-electron chi connectivity index (χ4n) is 3.76. The van der Waals surface area contributed by atoms with Gasteiger partial charge in [-0.3, -0.25) is 0 Å². The van der Waals surface area contributed by atoms with Crippen LogP contribution in [0.25, 0.3) is 28.0 Å². The van der Waals surface area contributed by atoms with Crippen molar-refractivity contribution in [3.8, 4) is 16.9 Å². The summed E-state index contributed by atoms with van der Waals surface area (Å²) in [5, 5.41) is 8.26. The molecule has 33 heavy (non-hydrogen) atoms. The molecule has 0 saturated heterocycles. The summed E-state index contributed by atoms with van der Waals surface area (Å²) >= 11 is 1.53. The van der Waals surface area contributed by atoms with Crippen LogP contribution in [-0.4, -0.2) is 25.7 Å². The molecule has 2 aromatic carbocycles. The molecule has 0 saturated carbocycles. The van der Waals surface area contributed by atoms with Gasteiger partial charge in [0.2, 0.25) is 0 Å². The van der Waals surface area contributed by atoms with Crippen molar-refractivity contribution in [3.05, 3.63) is 93.6 Å². The molecule has 3 heterocycles. The van der Waals surface area contributed by atoms with Crippen molar-refractivity contribution in [2.75, 3.05) is 0 Å². The number of hydrogen-bond donors (Lipinski definition) is 0. The SMILES string of the molecule is Cc1ccc(-n2nc(C)c3c(C(=O)OCc4csc(C)n4)cc(-c4ccccc4)nc32)cc1. The van der Waals surface area contributed by atoms with Gasteiger partial charge in [0, 0.05) is 10.9 Å². The van der Waals surface area contributed by atoms with Gasteiger partial charge in [-0.05, 0) is 39.0 Å². The molecule has 0 amide bonds. The summed E-state index contributed by atoms with van der Waals surface area (Å²) in [5.74, 6) is -0.420. The Labute approximate surface area is 195 Å². The van der Waals surface area contributed by atoms with Crippen LogP contribution in [0.4, 0.5) is 0 Å². The molecule has 7 heteroatoms. The van der Waals surface area contributed by atoms with Crippen LogP contribution in [0.1, 0.15) is 32.3 Å². The predicted molar refractivity (Wildman–Crippen MR) is 130 cm³/mol. The van der Waals surface area contributed by atoms with E-state index in [-0.39, 0.29) is 6.61 Å². The average molecular weight is 455 g/mol. The van der Waals surface area contributed by atoms with Gasteiger partial charge in [0.1, 0.15) is 6.61 Å². The molecule has 0 unspecified atom stereocenters. The lowest BCUT2D eigenvalue weighted by molar-refractivity contribution is 0.0470. The van der Waals surface area contributed by atoms with Crippen LogP contribution in [-0.2, 0) is 11.3 Å². The number of carbonyl (C=O) groups is 1. The summed E-state index contributed by atoms with van der Waals surface area (Å²) in [6, 6.07) is 19.7. The molecule has 0 atom stereocenters. The zero-order valence-corrected chi connectivity index (χ0v) is 19.4. The van der Waals surface area contributed by atoms with Crippen molar-refractivity contribution < 1.29 is 9.53 Å². The zero-order chi connectivity index (χ0) is 22.9. The molecule has 0 aliphatic heterocycles. The normalized spacial score (nSPS) is 11.1. The number of nitrogens with zero attached hydrogens (tertiary/aromatic N) is 4. The number of hydrogen-bond acceptors (Lipinski definition) is 6. The molecule has 5 aromatic rings. The number of rotatable bonds is 5. The Hall–Kier alpha value is -3.84. The number of benzene rings is 2. The fraction of sp³-hybridized carbons (Fsp3) is 0.154. The molecule has 3 aromatic heterocycles. The Balaban J connectivity index is 1.65. The van der Waals surface area contributed by atoms with E-state index in [0.29, 0.717) is 28.0 Å². The summed E-state index contributed by atoms with van der Waals surface area (Å²) in [6.45, 7) is 5.98. The highest BCUT2D eigenvalue weighted by atomic mass is 32.1. The highest BCUT2D eigenvalue weighted by Gasteiger charge is 2.22. The Morgan fingerprint density at radius 1 is 1.00 bits per heavy atom. The summed E-state index contributed by atoms with van der Waals surface area (Å²) in [5.41, 5.74) is 6.17. The van der Waals surface area contributed by atoms with Gasteiger partial charge in [-0.2, -0.15) is 5.10 Å². The monoisotopic (exact) mass is 454 g/mol. The highest BCUT2D eigenvalue weighted by molar-refractivity contribution is 7.09. The minimum atomic E-state index is -0.420. The van der Waals surface area contributed by atoms with Crippen molar-refractivity contribution in [3.63, 3.8) is 0 Å². The van der Waals surface area contributed by atoms with Gasteiger partial charge in [0.25, 0.3) is 0 Å². The first-order valence-electron chi connectivity index (χ1n) is 10.6. The molecule has 5 rings (SSSR count). The molecule has 0 N–H and O–H groups in total. The first-order valence-corrected chi connectivity index (χ1v) is 11.5. The fourth-order valence-corrected chi connectivity index (χ4v) is 4.36. The lowest BCUT2D eigenvalue weighted by atomic mass is 10.1. The number of pyridine rings is 1. The third kappa shape index (κ3) is 4.15. The number of thiazole rings is 1. The molecule has 0 fully saturated rings. The maximum atomic E-state index is 13.3. The molecular formula is C26H22N4O2S. The number of aromatic nitrogens is 4. The summed E-state index contributed by atoms with van der Waals surface area (Å²) in [6.07, 6.45) is 0. The van der Waals surface area contributed by atoms with E-state index in [1.165, 1.54) is 11.3 Å². The minimum absolute atomic E-state index is 0.124. The Morgan fingerprint density at radius 2 is 1.76 bits per heavy atom. The van der Waals surface area contributed by atoms with Crippen LogP contribution in [0.15, 0.2) is 66.0 Å². The van der Waals surface area contributed by atoms with Gasteiger partial charge in [-0.25, -0.2) is 19.4 Å². The summed E-state index contributed by atoms with van der Waals surface area (Å²) in [4.78, 5) is 22.5. The van der Waals surface area contributed by atoms with Crippen molar-refractivity contribution in [2.24, 2.45) is 0 Å². The summed E-state index contributed by atoms with van der Waals surface area (Å²) < 4.78 is 7.44. The molecular weight excluding hydrogens is 432 g/mol. The van der Waals surface area contributed by atoms with E-state index >= 15 is 0 Å². The van der Waals surface area contributed by atoms with E-state index in [4.69, 9.17) is 14.8 Å². The van der Waals surface area contributed by atoms with Gasteiger partial charge >= 0.3 is 5.97 Å². The van der Waals surface area contributed by atoms with Crippen molar-refractivity contribution >= 4 is 28.3 Å². The van der Waals surface area contributed by atoms with E-state index in [1.54, 1.807) is 10.7 Å². The zero-order valence-electron chi connectivity index (χ0n) is 18.6. The maximum Gasteiger partial charge on any atom is 0.339 e.